The van der Waals surface area contributed by atoms with Crippen LogP contribution in [-0.2, 0) is 5.60 Å². The van der Waals surface area contributed by atoms with Crippen molar-refractivity contribution in [2.75, 3.05) is 0 Å². The quantitative estimate of drug-likeness (QED) is 0.733. The normalized spacial score (nSPS) is 11.8. The average Bonchev–Trinajstić information content (AvgIpc) is 2.34. The molecule has 0 spiro atoms. The van der Waals surface area contributed by atoms with Crippen molar-refractivity contribution in [1.82, 2.24) is 0 Å². The number of halogens is 1. The van der Waals surface area contributed by atoms with Crippen LogP contribution in [0.1, 0.15) is 57.9 Å². The minimum atomic E-state index is -0.670. The fourth-order valence-electron chi connectivity index (χ4n) is 2.11. The molecule has 0 amide bonds. The van der Waals surface area contributed by atoms with Crippen molar-refractivity contribution in [3.63, 3.8) is 0 Å². The molecule has 1 aromatic rings. The van der Waals surface area contributed by atoms with Gasteiger partial charge in [0, 0.05) is 5.02 Å². The lowest BCUT2D eigenvalue weighted by atomic mass is 9.84. The van der Waals surface area contributed by atoms with Crippen LogP contribution in [0.5, 0.6) is 0 Å². The van der Waals surface area contributed by atoms with E-state index in [1.54, 1.807) is 0 Å². The molecule has 0 radical (unpaired) electrons. The second-order valence-corrected chi connectivity index (χ2v) is 5.18. The molecule has 0 atom stereocenters. The Morgan fingerprint density at radius 3 is 1.88 bits per heavy atom. The monoisotopic (exact) mass is 254 g/mol. The molecule has 0 aliphatic heterocycles. The van der Waals surface area contributed by atoms with Crippen molar-refractivity contribution in [1.29, 1.82) is 0 Å². The number of hydrogen-bond acceptors (Lipinski definition) is 1. The number of aliphatic hydroxyl groups is 1. The van der Waals surface area contributed by atoms with E-state index in [1.807, 2.05) is 24.3 Å². The molecular formula is C15H23ClO. The Bertz CT molecular complexity index is 310. The van der Waals surface area contributed by atoms with Gasteiger partial charge in [-0.1, -0.05) is 63.3 Å². The van der Waals surface area contributed by atoms with Gasteiger partial charge in [0.15, 0.2) is 0 Å². The molecule has 0 aliphatic carbocycles. The van der Waals surface area contributed by atoms with Gasteiger partial charge in [0.05, 0.1) is 5.60 Å². The molecule has 1 aromatic carbocycles. The summed E-state index contributed by atoms with van der Waals surface area (Å²) >= 11 is 5.89. The van der Waals surface area contributed by atoms with Crippen LogP contribution in [0.25, 0.3) is 0 Å². The average molecular weight is 255 g/mol. The van der Waals surface area contributed by atoms with Crippen molar-refractivity contribution in [2.45, 2.75) is 58.0 Å². The summed E-state index contributed by atoms with van der Waals surface area (Å²) in [4.78, 5) is 0. The fraction of sp³-hybridized carbons (Fsp3) is 0.600. The maximum absolute atomic E-state index is 10.8. The molecule has 0 saturated heterocycles. The highest BCUT2D eigenvalue weighted by molar-refractivity contribution is 6.30. The smallest absolute Gasteiger partial charge is 0.0896 e. The summed E-state index contributed by atoms with van der Waals surface area (Å²) in [5, 5.41) is 11.5. The molecule has 1 rings (SSSR count). The highest BCUT2D eigenvalue weighted by Gasteiger charge is 2.27. The molecule has 0 bridgehead atoms. The van der Waals surface area contributed by atoms with E-state index in [0.717, 1.165) is 49.1 Å². The first-order valence-corrected chi connectivity index (χ1v) is 6.98. The third kappa shape index (κ3) is 4.33. The molecule has 0 heterocycles. The van der Waals surface area contributed by atoms with Crippen molar-refractivity contribution in [3.05, 3.63) is 34.9 Å². The van der Waals surface area contributed by atoms with Gasteiger partial charge in [0.1, 0.15) is 0 Å². The summed E-state index contributed by atoms with van der Waals surface area (Å²) in [6, 6.07) is 7.63. The maximum atomic E-state index is 10.8. The largest absolute Gasteiger partial charge is 0.385 e. The molecule has 0 fully saturated rings. The molecule has 1 N–H and O–H groups in total. The van der Waals surface area contributed by atoms with Gasteiger partial charge in [-0.15, -0.1) is 0 Å². The molecule has 0 saturated carbocycles. The molecule has 2 heteroatoms. The van der Waals surface area contributed by atoms with E-state index in [1.165, 1.54) is 0 Å². The first-order chi connectivity index (χ1) is 8.12. The van der Waals surface area contributed by atoms with Crippen molar-refractivity contribution in [3.8, 4) is 0 Å². The number of hydrogen-bond donors (Lipinski definition) is 1. The first kappa shape index (κ1) is 14.5. The Morgan fingerprint density at radius 2 is 1.47 bits per heavy atom. The van der Waals surface area contributed by atoms with Crippen molar-refractivity contribution < 1.29 is 5.11 Å². The second kappa shape index (κ2) is 7.03. The van der Waals surface area contributed by atoms with Crippen molar-refractivity contribution in [2.24, 2.45) is 0 Å². The van der Waals surface area contributed by atoms with Crippen LogP contribution < -0.4 is 0 Å². The zero-order chi connectivity index (χ0) is 12.7. The molecule has 0 aromatic heterocycles. The summed E-state index contributed by atoms with van der Waals surface area (Å²) in [5.74, 6) is 0. The highest BCUT2D eigenvalue weighted by atomic mass is 35.5. The van der Waals surface area contributed by atoms with Gasteiger partial charge >= 0.3 is 0 Å². The van der Waals surface area contributed by atoms with Crippen LogP contribution >= 0.6 is 11.6 Å². The summed E-state index contributed by atoms with van der Waals surface area (Å²) in [6.07, 6.45) is 6.02. The molecule has 0 unspecified atom stereocenters. The summed E-state index contributed by atoms with van der Waals surface area (Å²) in [5.41, 5.74) is 0.333. The van der Waals surface area contributed by atoms with Crippen LogP contribution in [0.15, 0.2) is 24.3 Å². The van der Waals surface area contributed by atoms with Gasteiger partial charge < -0.3 is 5.11 Å². The lowest BCUT2D eigenvalue weighted by molar-refractivity contribution is 0.0141. The summed E-state index contributed by atoms with van der Waals surface area (Å²) in [6.45, 7) is 4.31. The zero-order valence-corrected chi connectivity index (χ0v) is 11.6. The third-order valence-electron chi connectivity index (χ3n) is 3.27. The maximum Gasteiger partial charge on any atom is 0.0896 e. The van der Waals surface area contributed by atoms with Crippen molar-refractivity contribution >= 4 is 11.6 Å². The van der Waals surface area contributed by atoms with Gasteiger partial charge in [-0.25, -0.2) is 0 Å². The number of unbranched alkanes of at least 4 members (excludes halogenated alkanes) is 2. The Morgan fingerprint density at radius 1 is 1.00 bits per heavy atom. The zero-order valence-electron chi connectivity index (χ0n) is 10.9. The standard InChI is InChI=1S/C15H23ClO/c1-3-5-11-15(17,12-6-4-2)13-7-9-14(16)10-8-13/h7-10,17H,3-6,11-12H2,1-2H3. The van der Waals surface area contributed by atoms with Crippen LogP contribution in [-0.4, -0.2) is 5.11 Å². The van der Waals surface area contributed by atoms with Gasteiger partial charge in [-0.05, 0) is 30.5 Å². The number of benzene rings is 1. The van der Waals surface area contributed by atoms with E-state index in [0.29, 0.717) is 0 Å². The molecule has 17 heavy (non-hydrogen) atoms. The van der Waals surface area contributed by atoms with Crippen LogP contribution in [0, 0.1) is 0 Å². The Balaban J connectivity index is 2.83. The molecule has 1 nitrogen and oxygen atoms in total. The minimum absolute atomic E-state index is 0.670. The van der Waals surface area contributed by atoms with Crippen LogP contribution in [0.3, 0.4) is 0 Å². The molecule has 96 valence electrons. The van der Waals surface area contributed by atoms with Gasteiger partial charge in [-0.2, -0.15) is 0 Å². The second-order valence-electron chi connectivity index (χ2n) is 4.75. The molecule has 0 aliphatic rings. The Kier molecular flexibility index (Phi) is 6.01. The lowest BCUT2D eigenvalue weighted by Gasteiger charge is -2.29. The van der Waals surface area contributed by atoms with E-state index in [9.17, 15) is 5.11 Å². The first-order valence-electron chi connectivity index (χ1n) is 6.61. The van der Waals surface area contributed by atoms with Gasteiger partial charge in [-0.3, -0.25) is 0 Å². The van der Waals surface area contributed by atoms with E-state index in [4.69, 9.17) is 11.6 Å². The summed E-state index contributed by atoms with van der Waals surface area (Å²) in [7, 11) is 0. The highest BCUT2D eigenvalue weighted by Crippen LogP contribution is 2.33. The SMILES string of the molecule is CCCCC(O)(CCCC)c1ccc(Cl)cc1. The third-order valence-corrected chi connectivity index (χ3v) is 3.52. The molecular weight excluding hydrogens is 232 g/mol. The predicted molar refractivity (Wildman–Crippen MR) is 74.4 cm³/mol. The topological polar surface area (TPSA) is 20.2 Å². The van der Waals surface area contributed by atoms with E-state index >= 15 is 0 Å². The van der Waals surface area contributed by atoms with Crippen LogP contribution in [0.4, 0.5) is 0 Å². The fourth-order valence-corrected chi connectivity index (χ4v) is 2.24. The van der Waals surface area contributed by atoms with E-state index in [-0.39, 0.29) is 0 Å². The predicted octanol–water partition coefficient (Wildman–Crippen LogP) is 4.91. The van der Waals surface area contributed by atoms with E-state index in [2.05, 4.69) is 13.8 Å². The number of rotatable bonds is 7. The minimum Gasteiger partial charge on any atom is -0.385 e. The lowest BCUT2D eigenvalue weighted by Crippen LogP contribution is -2.25. The van der Waals surface area contributed by atoms with Gasteiger partial charge in [0.25, 0.3) is 0 Å². The Hall–Kier alpha value is -0.530. The van der Waals surface area contributed by atoms with E-state index < -0.39 is 5.60 Å². The van der Waals surface area contributed by atoms with Gasteiger partial charge in [0.2, 0.25) is 0 Å². The Labute approximate surface area is 110 Å². The van der Waals surface area contributed by atoms with Crippen LogP contribution in [0.2, 0.25) is 5.02 Å². The summed E-state index contributed by atoms with van der Waals surface area (Å²) < 4.78 is 0.